The maximum Gasteiger partial charge on any atom is 0.164 e. The average Bonchev–Trinajstić information content (AvgIpc) is 2.67. The van der Waals surface area contributed by atoms with Crippen LogP contribution >= 0.6 is 11.8 Å². The van der Waals surface area contributed by atoms with Crippen LogP contribution in [0.25, 0.3) is 0 Å². The number of thioether (sulfide) groups is 1. The van der Waals surface area contributed by atoms with Crippen molar-refractivity contribution >= 4 is 17.4 Å². The zero-order valence-corrected chi connectivity index (χ0v) is 9.83. The van der Waals surface area contributed by atoms with E-state index in [4.69, 9.17) is 15.7 Å². The van der Waals surface area contributed by atoms with Gasteiger partial charge in [-0.15, -0.1) is 11.8 Å². The number of aromatic nitrogens is 1. The molecule has 1 saturated heterocycles. The van der Waals surface area contributed by atoms with Gasteiger partial charge in [-0.05, 0) is 25.5 Å². The van der Waals surface area contributed by atoms with Crippen molar-refractivity contribution < 1.29 is 4.74 Å². The van der Waals surface area contributed by atoms with E-state index in [2.05, 4.69) is 11.9 Å². The van der Waals surface area contributed by atoms with Crippen LogP contribution < -0.4 is 5.73 Å². The number of nitriles is 1. The van der Waals surface area contributed by atoms with E-state index in [0.717, 1.165) is 18.1 Å². The van der Waals surface area contributed by atoms with Gasteiger partial charge in [0.1, 0.15) is 6.07 Å². The summed E-state index contributed by atoms with van der Waals surface area (Å²) in [6.45, 7) is 2.87. The summed E-state index contributed by atoms with van der Waals surface area (Å²) in [5.41, 5.74) is 6.35. The minimum Gasteiger partial charge on any atom is -0.396 e. The summed E-state index contributed by atoms with van der Waals surface area (Å²) in [6, 6.07) is 5.57. The molecule has 1 aliphatic heterocycles. The first kappa shape index (κ1) is 11.2. The van der Waals surface area contributed by atoms with E-state index in [1.807, 2.05) is 12.1 Å². The number of rotatable bonds is 2. The summed E-state index contributed by atoms with van der Waals surface area (Å²) < 4.78 is 5.48. The minimum absolute atomic E-state index is 0.245. The lowest BCUT2D eigenvalue weighted by Gasteiger charge is -2.12. The number of ether oxygens (including phenoxy) is 1. The molecule has 2 rings (SSSR count). The number of hydrogen-bond donors (Lipinski definition) is 1. The molecule has 2 atom stereocenters. The van der Waals surface area contributed by atoms with E-state index in [-0.39, 0.29) is 6.10 Å². The van der Waals surface area contributed by atoms with Crippen molar-refractivity contribution in [3.63, 3.8) is 0 Å². The van der Waals surface area contributed by atoms with E-state index >= 15 is 0 Å². The van der Waals surface area contributed by atoms with Gasteiger partial charge in [0.25, 0.3) is 0 Å². The van der Waals surface area contributed by atoms with Gasteiger partial charge in [-0.25, -0.2) is 4.98 Å². The van der Waals surface area contributed by atoms with Gasteiger partial charge in [-0.3, -0.25) is 0 Å². The molecular weight excluding hydrogens is 222 g/mol. The van der Waals surface area contributed by atoms with Crippen LogP contribution in [0.3, 0.4) is 0 Å². The maximum atomic E-state index is 8.83. The normalized spacial score (nSPS) is 24.2. The first-order valence-electron chi connectivity index (χ1n) is 5.15. The second-order valence-electron chi connectivity index (χ2n) is 3.72. The fraction of sp³-hybridized carbons (Fsp3) is 0.455. The molecule has 2 N–H and O–H groups in total. The van der Waals surface area contributed by atoms with Crippen LogP contribution in [0.5, 0.6) is 0 Å². The number of anilines is 1. The van der Waals surface area contributed by atoms with Gasteiger partial charge in [0, 0.05) is 11.9 Å². The first-order chi connectivity index (χ1) is 7.70. The fourth-order valence-corrected chi connectivity index (χ4v) is 2.71. The Morgan fingerprint density at radius 2 is 2.44 bits per heavy atom. The van der Waals surface area contributed by atoms with Crippen LogP contribution in [-0.2, 0) is 4.74 Å². The zero-order chi connectivity index (χ0) is 11.5. The van der Waals surface area contributed by atoms with Crippen molar-refractivity contribution in [1.29, 1.82) is 5.26 Å². The Hall–Kier alpha value is -1.25. The van der Waals surface area contributed by atoms with Gasteiger partial charge in [0.05, 0.1) is 16.8 Å². The van der Waals surface area contributed by atoms with Crippen LogP contribution in [0.1, 0.15) is 19.0 Å². The summed E-state index contributed by atoms with van der Waals surface area (Å²) in [5, 5.41) is 10.1. The molecule has 4 nitrogen and oxygen atoms in total. The lowest BCUT2D eigenvalue weighted by Crippen LogP contribution is -2.13. The summed E-state index contributed by atoms with van der Waals surface area (Å²) in [4.78, 5) is 4.21. The molecule has 0 radical (unpaired) electrons. The van der Waals surface area contributed by atoms with E-state index in [9.17, 15) is 0 Å². The van der Waals surface area contributed by atoms with Gasteiger partial charge in [0.15, 0.2) is 5.69 Å². The molecule has 0 bridgehead atoms. The number of hydrogen-bond acceptors (Lipinski definition) is 5. The Labute approximate surface area is 98.8 Å². The second kappa shape index (κ2) is 4.73. The molecule has 84 valence electrons. The Kier molecular flexibility index (Phi) is 3.32. The van der Waals surface area contributed by atoms with Crippen LogP contribution in [-0.4, -0.2) is 22.9 Å². The van der Waals surface area contributed by atoms with Crippen LogP contribution in [0, 0.1) is 11.3 Å². The van der Waals surface area contributed by atoms with E-state index in [0.29, 0.717) is 16.6 Å². The Morgan fingerprint density at radius 3 is 3.06 bits per heavy atom. The molecule has 2 unspecified atom stereocenters. The largest absolute Gasteiger partial charge is 0.396 e. The highest BCUT2D eigenvalue weighted by atomic mass is 32.2. The molecule has 0 aliphatic carbocycles. The molecule has 1 fully saturated rings. The van der Waals surface area contributed by atoms with Gasteiger partial charge in [0.2, 0.25) is 0 Å². The van der Waals surface area contributed by atoms with Gasteiger partial charge >= 0.3 is 0 Å². The molecule has 0 aromatic carbocycles. The third-order valence-electron chi connectivity index (χ3n) is 2.59. The van der Waals surface area contributed by atoms with E-state index in [1.165, 1.54) is 0 Å². The molecule has 2 heterocycles. The third kappa shape index (κ3) is 2.29. The molecule has 1 aromatic heterocycles. The van der Waals surface area contributed by atoms with Crippen LogP contribution in [0.15, 0.2) is 17.2 Å². The van der Waals surface area contributed by atoms with Crippen LogP contribution in [0.4, 0.5) is 5.69 Å². The molecule has 0 spiro atoms. The third-order valence-corrected chi connectivity index (χ3v) is 3.98. The van der Waals surface area contributed by atoms with Gasteiger partial charge in [-0.1, -0.05) is 0 Å². The predicted octanol–water partition coefficient (Wildman–Crippen LogP) is 1.80. The summed E-state index contributed by atoms with van der Waals surface area (Å²) >= 11 is 1.65. The van der Waals surface area contributed by atoms with Crippen molar-refractivity contribution in [3.8, 4) is 6.07 Å². The van der Waals surface area contributed by atoms with Gasteiger partial charge < -0.3 is 10.5 Å². The van der Waals surface area contributed by atoms with Crippen molar-refractivity contribution in [2.75, 3.05) is 12.3 Å². The molecule has 0 amide bonds. The molecule has 5 heteroatoms. The summed E-state index contributed by atoms with van der Waals surface area (Å²) in [6.07, 6.45) is 1.27. The highest BCUT2D eigenvalue weighted by Crippen LogP contribution is 2.31. The maximum absolute atomic E-state index is 8.83. The molecule has 1 aromatic rings. The highest BCUT2D eigenvalue weighted by molar-refractivity contribution is 7.99. The van der Waals surface area contributed by atoms with Crippen molar-refractivity contribution in [2.45, 2.75) is 29.7 Å². The summed E-state index contributed by atoms with van der Waals surface area (Å²) in [5.74, 6) is 0. The quantitative estimate of drug-likeness (QED) is 0.846. The molecule has 16 heavy (non-hydrogen) atoms. The van der Waals surface area contributed by atoms with E-state index in [1.54, 1.807) is 17.8 Å². The molecular formula is C11H13N3OS. The average molecular weight is 235 g/mol. The topological polar surface area (TPSA) is 71.9 Å². The first-order valence-corrected chi connectivity index (χ1v) is 6.03. The number of nitrogens with two attached hydrogens (primary N) is 1. The molecule has 1 aliphatic rings. The number of pyridine rings is 1. The second-order valence-corrected chi connectivity index (χ2v) is 4.98. The van der Waals surface area contributed by atoms with Crippen molar-refractivity contribution in [2.24, 2.45) is 0 Å². The monoisotopic (exact) mass is 235 g/mol. The Balaban J connectivity index is 2.13. The van der Waals surface area contributed by atoms with Crippen LogP contribution in [0.2, 0.25) is 0 Å². The standard InChI is InChI=1S/C11H13N3OS/c1-7-10(4-5-15-7)16-11-3-2-8(13)9(6-12)14-11/h2-3,7,10H,4-5,13H2,1H3. The Morgan fingerprint density at radius 1 is 1.62 bits per heavy atom. The van der Waals surface area contributed by atoms with E-state index < -0.39 is 0 Å². The minimum atomic E-state index is 0.245. The van der Waals surface area contributed by atoms with Gasteiger partial charge in [-0.2, -0.15) is 5.26 Å². The lowest BCUT2D eigenvalue weighted by molar-refractivity contribution is 0.127. The SMILES string of the molecule is CC1OCCC1Sc1ccc(N)c(C#N)n1. The van der Waals surface area contributed by atoms with Crippen molar-refractivity contribution in [1.82, 2.24) is 4.98 Å². The lowest BCUT2D eigenvalue weighted by atomic mass is 10.3. The number of nitrogen functional groups attached to an aromatic ring is 1. The molecule has 0 saturated carbocycles. The predicted molar refractivity (Wildman–Crippen MR) is 63.0 cm³/mol. The highest BCUT2D eigenvalue weighted by Gasteiger charge is 2.25. The smallest absolute Gasteiger partial charge is 0.164 e. The zero-order valence-electron chi connectivity index (χ0n) is 9.01. The Bertz CT molecular complexity index is 430. The number of nitrogens with zero attached hydrogens (tertiary/aromatic N) is 2. The fourth-order valence-electron chi connectivity index (χ4n) is 1.63. The van der Waals surface area contributed by atoms with Crippen molar-refractivity contribution in [3.05, 3.63) is 17.8 Å². The summed E-state index contributed by atoms with van der Waals surface area (Å²) in [7, 11) is 0.